The fourth-order valence-electron chi connectivity index (χ4n) is 1.78. The van der Waals surface area contributed by atoms with Crippen LogP contribution in [0.5, 0.6) is 0 Å². The number of benzene rings is 1. The number of aliphatic hydroxyl groups excluding tert-OH is 1. The van der Waals surface area contributed by atoms with E-state index < -0.39 is 6.10 Å². The summed E-state index contributed by atoms with van der Waals surface area (Å²) in [7, 11) is 0. The second-order valence-electron chi connectivity index (χ2n) is 5.78. The van der Waals surface area contributed by atoms with Crippen molar-refractivity contribution in [1.29, 1.82) is 0 Å². The molecule has 0 saturated carbocycles. The monoisotopic (exact) mass is 357 g/mol. The van der Waals surface area contributed by atoms with E-state index in [1.807, 2.05) is 5.38 Å². The lowest BCUT2D eigenvalue weighted by Crippen LogP contribution is -2.11. The van der Waals surface area contributed by atoms with E-state index in [9.17, 15) is 9.50 Å². The van der Waals surface area contributed by atoms with Gasteiger partial charge in [-0.1, -0.05) is 42.8 Å². The molecule has 0 aliphatic heterocycles. The highest BCUT2D eigenvalue weighted by Gasteiger charge is 2.21. The number of aliphatic hydroxyl groups is 1. The highest BCUT2D eigenvalue weighted by Crippen LogP contribution is 2.30. The Balaban J connectivity index is 2.16. The van der Waals surface area contributed by atoms with Gasteiger partial charge in [-0.05, 0) is 17.7 Å². The van der Waals surface area contributed by atoms with E-state index in [0.717, 1.165) is 10.6 Å². The van der Waals surface area contributed by atoms with Crippen molar-refractivity contribution in [3.8, 4) is 0 Å². The number of hydrogen-bond donors (Lipinski definition) is 1. The maximum Gasteiger partial charge on any atom is 0.124 e. The molecule has 0 amide bonds. The molecule has 2 aromatic rings. The Kier molecular flexibility index (Phi) is 4.62. The number of thiazole rings is 1. The smallest absolute Gasteiger partial charge is 0.124 e. The normalized spacial score (nSPS) is 13.5. The Morgan fingerprint density at radius 3 is 2.65 bits per heavy atom. The average molecular weight is 358 g/mol. The molecule has 2 nitrogen and oxygen atoms in total. The predicted octanol–water partition coefficient (Wildman–Crippen LogP) is 4.62. The van der Waals surface area contributed by atoms with Gasteiger partial charge in [0, 0.05) is 21.7 Å². The molecule has 1 aromatic carbocycles. The average Bonchev–Trinajstić information content (AvgIpc) is 2.82. The third-order valence-corrected chi connectivity index (χ3v) is 4.96. The molecule has 0 saturated heterocycles. The molecule has 0 spiro atoms. The Labute approximate surface area is 130 Å². The maximum absolute atomic E-state index is 13.0. The lowest BCUT2D eigenvalue weighted by Gasteiger charge is -2.14. The van der Waals surface area contributed by atoms with Crippen molar-refractivity contribution in [2.45, 2.75) is 38.7 Å². The van der Waals surface area contributed by atoms with Crippen molar-refractivity contribution in [3.63, 3.8) is 0 Å². The van der Waals surface area contributed by atoms with Gasteiger partial charge < -0.3 is 5.11 Å². The molecule has 0 fully saturated rings. The number of aromatic nitrogens is 1. The molecule has 0 aliphatic carbocycles. The van der Waals surface area contributed by atoms with Crippen LogP contribution in [-0.2, 0) is 11.8 Å². The fourth-order valence-corrected chi connectivity index (χ4v) is 3.25. The van der Waals surface area contributed by atoms with Crippen LogP contribution in [-0.4, -0.2) is 10.1 Å². The first kappa shape index (κ1) is 15.6. The van der Waals surface area contributed by atoms with Crippen LogP contribution in [0.1, 0.15) is 43.1 Å². The van der Waals surface area contributed by atoms with Gasteiger partial charge in [-0.2, -0.15) is 0 Å². The molecule has 2 rings (SSSR count). The van der Waals surface area contributed by atoms with Crippen molar-refractivity contribution in [2.24, 2.45) is 0 Å². The molecule has 1 N–H and O–H groups in total. The SMILES string of the molecule is CC(C)(C)c1nc(C(O)Cc2ccc(F)cc2Br)cs1. The predicted molar refractivity (Wildman–Crippen MR) is 83.6 cm³/mol. The van der Waals surface area contributed by atoms with E-state index >= 15 is 0 Å². The molecule has 1 unspecified atom stereocenters. The van der Waals surface area contributed by atoms with Gasteiger partial charge in [0.25, 0.3) is 0 Å². The molecule has 1 atom stereocenters. The molecule has 1 heterocycles. The van der Waals surface area contributed by atoms with Gasteiger partial charge in [0.15, 0.2) is 0 Å². The van der Waals surface area contributed by atoms with E-state index in [2.05, 4.69) is 41.7 Å². The Hall–Kier alpha value is -0.780. The fraction of sp³-hybridized carbons (Fsp3) is 0.400. The minimum Gasteiger partial charge on any atom is -0.386 e. The minimum atomic E-state index is -0.677. The minimum absolute atomic E-state index is 0.0148. The van der Waals surface area contributed by atoms with E-state index in [4.69, 9.17) is 0 Å². The van der Waals surface area contributed by atoms with Gasteiger partial charge >= 0.3 is 0 Å². The Morgan fingerprint density at radius 2 is 2.10 bits per heavy atom. The second kappa shape index (κ2) is 5.92. The molecule has 108 valence electrons. The molecule has 20 heavy (non-hydrogen) atoms. The highest BCUT2D eigenvalue weighted by molar-refractivity contribution is 9.10. The lowest BCUT2D eigenvalue weighted by atomic mass is 9.98. The van der Waals surface area contributed by atoms with Crippen LogP contribution in [0, 0.1) is 5.82 Å². The number of hydrogen-bond acceptors (Lipinski definition) is 3. The van der Waals surface area contributed by atoms with Crippen molar-refractivity contribution in [2.75, 3.05) is 0 Å². The van der Waals surface area contributed by atoms with Gasteiger partial charge in [-0.25, -0.2) is 9.37 Å². The maximum atomic E-state index is 13.0. The van der Waals surface area contributed by atoms with E-state index in [1.165, 1.54) is 12.1 Å². The summed E-state index contributed by atoms with van der Waals surface area (Å²) in [5.41, 5.74) is 1.53. The highest BCUT2D eigenvalue weighted by atomic mass is 79.9. The van der Waals surface area contributed by atoms with Gasteiger partial charge in [0.05, 0.1) is 10.7 Å². The first-order valence-corrected chi connectivity index (χ1v) is 8.02. The molecule has 5 heteroatoms. The van der Waals surface area contributed by atoms with Crippen molar-refractivity contribution in [3.05, 3.63) is 50.1 Å². The van der Waals surface area contributed by atoms with Crippen molar-refractivity contribution < 1.29 is 9.50 Å². The number of nitrogens with zero attached hydrogens (tertiary/aromatic N) is 1. The van der Waals surface area contributed by atoms with Crippen LogP contribution in [0.25, 0.3) is 0 Å². The summed E-state index contributed by atoms with van der Waals surface area (Å²) in [6, 6.07) is 4.48. The van der Waals surface area contributed by atoms with Crippen LogP contribution in [0.4, 0.5) is 4.39 Å². The Morgan fingerprint density at radius 1 is 1.40 bits per heavy atom. The van der Waals surface area contributed by atoms with Crippen LogP contribution < -0.4 is 0 Å². The quantitative estimate of drug-likeness (QED) is 0.869. The topological polar surface area (TPSA) is 33.1 Å². The molecular weight excluding hydrogens is 341 g/mol. The van der Waals surface area contributed by atoms with Crippen LogP contribution >= 0.6 is 27.3 Å². The van der Waals surface area contributed by atoms with E-state index in [1.54, 1.807) is 17.4 Å². The van der Waals surface area contributed by atoms with Crippen LogP contribution in [0.2, 0.25) is 0 Å². The number of halogens is 2. The third kappa shape index (κ3) is 3.65. The van der Waals surface area contributed by atoms with Gasteiger partial charge in [0.1, 0.15) is 11.9 Å². The first-order chi connectivity index (χ1) is 9.27. The first-order valence-electron chi connectivity index (χ1n) is 6.35. The van der Waals surface area contributed by atoms with Crippen molar-refractivity contribution in [1.82, 2.24) is 4.98 Å². The van der Waals surface area contributed by atoms with Gasteiger partial charge in [-0.3, -0.25) is 0 Å². The second-order valence-corrected chi connectivity index (χ2v) is 7.50. The molecule has 1 aromatic heterocycles. The lowest BCUT2D eigenvalue weighted by molar-refractivity contribution is 0.173. The number of rotatable bonds is 3. The summed E-state index contributed by atoms with van der Waals surface area (Å²) in [6.07, 6.45) is -0.266. The summed E-state index contributed by atoms with van der Waals surface area (Å²) >= 11 is 4.88. The zero-order chi connectivity index (χ0) is 14.9. The molecule has 0 radical (unpaired) electrons. The summed E-state index contributed by atoms with van der Waals surface area (Å²) in [5, 5.41) is 13.2. The van der Waals surface area contributed by atoms with Gasteiger partial charge in [-0.15, -0.1) is 11.3 Å². The van der Waals surface area contributed by atoms with E-state index in [0.29, 0.717) is 16.6 Å². The molecular formula is C15H17BrFNOS. The third-order valence-electron chi connectivity index (χ3n) is 2.93. The largest absolute Gasteiger partial charge is 0.386 e. The summed E-state index contributed by atoms with van der Waals surface area (Å²) in [6.45, 7) is 6.29. The zero-order valence-electron chi connectivity index (χ0n) is 11.7. The summed E-state index contributed by atoms with van der Waals surface area (Å²) in [5.74, 6) is -0.293. The summed E-state index contributed by atoms with van der Waals surface area (Å²) in [4.78, 5) is 4.50. The molecule has 0 aliphatic rings. The van der Waals surface area contributed by atoms with Gasteiger partial charge in [0.2, 0.25) is 0 Å². The standard InChI is InChI=1S/C15H17BrFNOS/c1-15(2,3)14-18-12(8-20-14)13(19)6-9-4-5-10(17)7-11(9)16/h4-5,7-8,13,19H,6H2,1-3H3. The van der Waals surface area contributed by atoms with Crippen LogP contribution in [0.15, 0.2) is 28.1 Å². The van der Waals surface area contributed by atoms with Crippen molar-refractivity contribution >= 4 is 27.3 Å². The van der Waals surface area contributed by atoms with E-state index in [-0.39, 0.29) is 11.2 Å². The zero-order valence-corrected chi connectivity index (χ0v) is 14.1. The molecule has 0 bridgehead atoms. The summed E-state index contributed by atoms with van der Waals surface area (Å²) < 4.78 is 13.7. The Bertz CT molecular complexity index is 606. The van der Waals surface area contributed by atoms with Crippen LogP contribution in [0.3, 0.4) is 0 Å².